The fourth-order valence-corrected chi connectivity index (χ4v) is 1.64. The molecule has 0 saturated carbocycles. The topological polar surface area (TPSA) is 32.7 Å². The highest BCUT2D eigenvalue weighted by Crippen LogP contribution is 2.20. The molecule has 1 aromatic rings. The standard InChI is InChI=1S/C12H17ClFNO2/c1-15(5-7-17-8-6-16)9-10-11(13)3-2-4-12(10)14/h2-4,16H,5-9H2,1H3. The van der Waals surface area contributed by atoms with Crippen LogP contribution in [-0.4, -0.2) is 43.4 Å². The Labute approximate surface area is 106 Å². The van der Waals surface area contributed by atoms with Crippen LogP contribution < -0.4 is 0 Å². The second-order valence-electron chi connectivity index (χ2n) is 3.77. The molecular weight excluding hydrogens is 245 g/mol. The molecule has 3 nitrogen and oxygen atoms in total. The van der Waals surface area contributed by atoms with Crippen LogP contribution >= 0.6 is 11.6 Å². The van der Waals surface area contributed by atoms with Gasteiger partial charge < -0.3 is 9.84 Å². The molecule has 0 atom stereocenters. The highest BCUT2D eigenvalue weighted by molar-refractivity contribution is 6.31. The van der Waals surface area contributed by atoms with E-state index < -0.39 is 0 Å². The number of hydrogen-bond donors (Lipinski definition) is 1. The third-order valence-electron chi connectivity index (χ3n) is 2.34. The summed E-state index contributed by atoms with van der Waals surface area (Å²) in [4.78, 5) is 1.92. The van der Waals surface area contributed by atoms with Gasteiger partial charge in [0.1, 0.15) is 5.82 Å². The molecule has 1 aromatic carbocycles. The van der Waals surface area contributed by atoms with Gasteiger partial charge in [0.05, 0.1) is 19.8 Å². The second kappa shape index (κ2) is 7.61. The summed E-state index contributed by atoms with van der Waals surface area (Å²) >= 11 is 5.93. The van der Waals surface area contributed by atoms with Crippen LogP contribution in [0, 0.1) is 5.82 Å². The van der Waals surface area contributed by atoms with E-state index in [2.05, 4.69) is 0 Å². The average molecular weight is 262 g/mol. The van der Waals surface area contributed by atoms with Gasteiger partial charge in [-0.05, 0) is 19.2 Å². The van der Waals surface area contributed by atoms with Crippen molar-refractivity contribution in [3.63, 3.8) is 0 Å². The number of aliphatic hydroxyl groups excluding tert-OH is 1. The predicted octanol–water partition coefficient (Wildman–Crippen LogP) is 1.92. The Balaban J connectivity index is 2.42. The van der Waals surface area contributed by atoms with Crippen LogP contribution in [0.4, 0.5) is 4.39 Å². The van der Waals surface area contributed by atoms with Crippen LogP contribution in [0.2, 0.25) is 5.02 Å². The fraction of sp³-hybridized carbons (Fsp3) is 0.500. The molecule has 0 fully saturated rings. The first-order chi connectivity index (χ1) is 8.15. The molecule has 1 N–H and O–H groups in total. The number of rotatable bonds is 7. The van der Waals surface area contributed by atoms with E-state index >= 15 is 0 Å². The Morgan fingerprint density at radius 1 is 1.41 bits per heavy atom. The predicted molar refractivity (Wildman–Crippen MR) is 65.6 cm³/mol. The lowest BCUT2D eigenvalue weighted by atomic mass is 10.2. The van der Waals surface area contributed by atoms with E-state index in [-0.39, 0.29) is 12.4 Å². The Bertz CT molecular complexity index is 329. The molecule has 0 amide bonds. The van der Waals surface area contributed by atoms with Crippen molar-refractivity contribution in [2.45, 2.75) is 6.54 Å². The fourth-order valence-electron chi connectivity index (χ4n) is 1.42. The van der Waals surface area contributed by atoms with Gasteiger partial charge in [-0.25, -0.2) is 4.39 Å². The molecule has 0 spiro atoms. The Morgan fingerprint density at radius 3 is 2.82 bits per heavy atom. The lowest BCUT2D eigenvalue weighted by molar-refractivity contribution is 0.0771. The molecule has 0 aliphatic rings. The van der Waals surface area contributed by atoms with E-state index in [1.54, 1.807) is 12.1 Å². The molecule has 0 radical (unpaired) electrons. The van der Waals surface area contributed by atoms with E-state index in [9.17, 15) is 4.39 Å². The van der Waals surface area contributed by atoms with E-state index in [0.717, 1.165) is 0 Å². The van der Waals surface area contributed by atoms with Crippen molar-refractivity contribution < 1.29 is 14.2 Å². The first-order valence-corrected chi connectivity index (χ1v) is 5.83. The maximum absolute atomic E-state index is 13.5. The van der Waals surface area contributed by atoms with Crippen molar-refractivity contribution in [3.8, 4) is 0 Å². The van der Waals surface area contributed by atoms with Crippen molar-refractivity contribution in [1.29, 1.82) is 0 Å². The van der Waals surface area contributed by atoms with Crippen molar-refractivity contribution in [2.75, 3.05) is 33.4 Å². The zero-order valence-electron chi connectivity index (χ0n) is 9.83. The number of halogens is 2. The van der Waals surface area contributed by atoms with Gasteiger partial charge in [0.25, 0.3) is 0 Å². The number of ether oxygens (including phenoxy) is 1. The first kappa shape index (κ1) is 14.4. The number of benzene rings is 1. The van der Waals surface area contributed by atoms with E-state index in [1.165, 1.54) is 6.07 Å². The molecule has 5 heteroatoms. The van der Waals surface area contributed by atoms with Gasteiger partial charge in [-0.15, -0.1) is 0 Å². The zero-order chi connectivity index (χ0) is 12.7. The molecule has 0 bridgehead atoms. The summed E-state index contributed by atoms with van der Waals surface area (Å²) in [7, 11) is 1.87. The molecule has 0 heterocycles. The monoisotopic (exact) mass is 261 g/mol. The summed E-state index contributed by atoms with van der Waals surface area (Å²) in [6, 6.07) is 4.67. The minimum absolute atomic E-state index is 0.0167. The minimum Gasteiger partial charge on any atom is -0.394 e. The van der Waals surface area contributed by atoms with Crippen LogP contribution in [0.1, 0.15) is 5.56 Å². The molecule has 0 aliphatic carbocycles. The molecule has 96 valence electrons. The third kappa shape index (κ3) is 5.00. The van der Waals surface area contributed by atoms with Crippen molar-refractivity contribution >= 4 is 11.6 Å². The summed E-state index contributed by atoms with van der Waals surface area (Å²) < 4.78 is 18.6. The lowest BCUT2D eigenvalue weighted by Crippen LogP contribution is -2.24. The summed E-state index contributed by atoms with van der Waals surface area (Å²) in [6.45, 7) is 1.94. The quantitative estimate of drug-likeness (QED) is 0.762. The molecule has 0 unspecified atom stereocenters. The summed E-state index contributed by atoms with van der Waals surface area (Å²) in [5.74, 6) is -0.291. The Kier molecular flexibility index (Phi) is 6.44. The Morgan fingerprint density at radius 2 is 2.18 bits per heavy atom. The number of nitrogens with zero attached hydrogens (tertiary/aromatic N) is 1. The molecule has 17 heavy (non-hydrogen) atoms. The maximum Gasteiger partial charge on any atom is 0.129 e. The third-order valence-corrected chi connectivity index (χ3v) is 2.70. The van der Waals surface area contributed by atoms with Crippen LogP contribution in [0.3, 0.4) is 0 Å². The molecule has 0 aliphatic heterocycles. The largest absolute Gasteiger partial charge is 0.394 e. The zero-order valence-corrected chi connectivity index (χ0v) is 10.6. The van der Waals surface area contributed by atoms with Crippen molar-refractivity contribution in [1.82, 2.24) is 4.90 Å². The van der Waals surface area contributed by atoms with E-state index in [0.29, 0.717) is 36.9 Å². The maximum atomic E-state index is 13.5. The lowest BCUT2D eigenvalue weighted by Gasteiger charge is -2.17. The molecule has 0 aromatic heterocycles. The van der Waals surface area contributed by atoms with Gasteiger partial charge in [-0.3, -0.25) is 4.90 Å². The van der Waals surface area contributed by atoms with Gasteiger partial charge in [0.15, 0.2) is 0 Å². The van der Waals surface area contributed by atoms with E-state index in [1.807, 2.05) is 11.9 Å². The highest BCUT2D eigenvalue weighted by atomic mass is 35.5. The molecule has 1 rings (SSSR count). The first-order valence-electron chi connectivity index (χ1n) is 5.45. The van der Waals surface area contributed by atoms with Crippen LogP contribution in [-0.2, 0) is 11.3 Å². The average Bonchev–Trinajstić information content (AvgIpc) is 2.30. The van der Waals surface area contributed by atoms with E-state index in [4.69, 9.17) is 21.4 Å². The molecule has 0 saturated heterocycles. The highest BCUT2D eigenvalue weighted by Gasteiger charge is 2.09. The van der Waals surface area contributed by atoms with Crippen molar-refractivity contribution in [3.05, 3.63) is 34.6 Å². The smallest absolute Gasteiger partial charge is 0.129 e. The van der Waals surface area contributed by atoms with Crippen molar-refractivity contribution in [2.24, 2.45) is 0 Å². The van der Waals surface area contributed by atoms with Crippen LogP contribution in [0.15, 0.2) is 18.2 Å². The van der Waals surface area contributed by atoms with Gasteiger partial charge in [-0.1, -0.05) is 17.7 Å². The van der Waals surface area contributed by atoms with Crippen LogP contribution in [0.25, 0.3) is 0 Å². The minimum atomic E-state index is -0.291. The van der Waals surface area contributed by atoms with Gasteiger partial charge in [-0.2, -0.15) is 0 Å². The van der Waals surface area contributed by atoms with Gasteiger partial charge in [0.2, 0.25) is 0 Å². The summed E-state index contributed by atoms with van der Waals surface area (Å²) in [5, 5.41) is 8.97. The normalized spacial score (nSPS) is 11.1. The summed E-state index contributed by atoms with van der Waals surface area (Å²) in [5.41, 5.74) is 0.499. The summed E-state index contributed by atoms with van der Waals surface area (Å²) in [6.07, 6.45) is 0. The number of aliphatic hydroxyl groups is 1. The number of hydrogen-bond acceptors (Lipinski definition) is 3. The van der Waals surface area contributed by atoms with Gasteiger partial charge in [0, 0.05) is 23.7 Å². The molecular formula is C12H17ClFNO2. The van der Waals surface area contributed by atoms with Crippen LogP contribution in [0.5, 0.6) is 0 Å². The number of likely N-dealkylation sites (N-methyl/N-ethyl adjacent to an activating group) is 1. The SMILES string of the molecule is CN(CCOCCO)Cc1c(F)cccc1Cl. The second-order valence-corrected chi connectivity index (χ2v) is 4.18. The van der Waals surface area contributed by atoms with Gasteiger partial charge >= 0.3 is 0 Å². The Hall–Kier alpha value is -0.680.